The van der Waals surface area contributed by atoms with E-state index in [1.165, 1.54) is 43.6 Å². The fourth-order valence-electron chi connectivity index (χ4n) is 3.53. The van der Waals surface area contributed by atoms with Gasteiger partial charge in [-0.05, 0) is 43.0 Å². The monoisotopic (exact) mass is 288 g/mol. The number of hydrogen-bond donors (Lipinski definition) is 1. The van der Waals surface area contributed by atoms with Crippen molar-refractivity contribution in [3.63, 3.8) is 0 Å². The smallest absolute Gasteiger partial charge is 0.129 e. The Morgan fingerprint density at radius 3 is 2.86 bits per heavy atom. The van der Waals surface area contributed by atoms with Crippen molar-refractivity contribution in [3.05, 3.63) is 23.4 Å². The molecule has 116 valence electrons. The maximum Gasteiger partial charge on any atom is 0.129 e. The first-order valence-corrected chi connectivity index (χ1v) is 8.37. The molecule has 0 bridgehead atoms. The highest BCUT2D eigenvalue weighted by molar-refractivity contribution is 5.44. The molecule has 1 aromatic rings. The molecule has 0 radical (unpaired) electrons. The average Bonchev–Trinajstić information content (AvgIpc) is 2.53. The van der Waals surface area contributed by atoms with Crippen molar-refractivity contribution < 1.29 is 0 Å². The lowest BCUT2D eigenvalue weighted by Gasteiger charge is -2.44. The fraction of sp³-hybridized carbons (Fsp3) is 0.706. The summed E-state index contributed by atoms with van der Waals surface area (Å²) >= 11 is 0. The van der Waals surface area contributed by atoms with Crippen molar-refractivity contribution >= 4 is 5.82 Å². The number of pyridine rings is 1. The van der Waals surface area contributed by atoms with Gasteiger partial charge in [0.25, 0.3) is 0 Å². The molecule has 4 nitrogen and oxygen atoms in total. The molecule has 4 heteroatoms. The highest BCUT2D eigenvalue weighted by Gasteiger charge is 2.29. The standard InChI is InChI=1S/C17H28N4/c1-13(2)16-9-14(11-18)10-17(19-16)21-8-7-20-6-4-3-5-15(20)12-21/h9-10,13,15H,3-8,11-12,18H2,1-2H3. The number of nitrogens with two attached hydrogens (primary N) is 1. The SMILES string of the molecule is CC(C)c1cc(CN)cc(N2CCN3CCCCC3C2)n1. The number of nitrogens with zero attached hydrogens (tertiary/aromatic N) is 3. The van der Waals surface area contributed by atoms with Crippen LogP contribution in [-0.2, 0) is 6.54 Å². The van der Waals surface area contributed by atoms with Gasteiger partial charge in [0.1, 0.15) is 5.82 Å². The van der Waals surface area contributed by atoms with Gasteiger partial charge in [-0.3, -0.25) is 4.90 Å². The van der Waals surface area contributed by atoms with Crippen molar-refractivity contribution in [1.29, 1.82) is 0 Å². The van der Waals surface area contributed by atoms with E-state index in [9.17, 15) is 0 Å². The Balaban J connectivity index is 1.81. The Morgan fingerprint density at radius 2 is 2.10 bits per heavy atom. The Kier molecular flexibility index (Phi) is 4.45. The Bertz CT molecular complexity index is 486. The largest absolute Gasteiger partial charge is 0.354 e. The first-order chi connectivity index (χ1) is 10.2. The van der Waals surface area contributed by atoms with Crippen LogP contribution in [0.1, 0.15) is 50.3 Å². The predicted molar refractivity (Wildman–Crippen MR) is 87.6 cm³/mol. The van der Waals surface area contributed by atoms with Gasteiger partial charge in [-0.15, -0.1) is 0 Å². The molecule has 0 saturated carbocycles. The van der Waals surface area contributed by atoms with Crippen molar-refractivity contribution in [3.8, 4) is 0 Å². The molecule has 2 saturated heterocycles. The zero-order valence-electron chi connectivity index (χ0n) is 13.4. The number of anilines is 1. The summed E-state index contributed by atoms with van der Waals surface area (Å²) in [6, 6.07) is 5.06. The highest BCUT2D eigenvalue weighted by atomic mass is 15.3. The molecule has 2 fully saturated rings. The number of rotatable bonds is 3. The summed E-state index contributed by atoms with van der Waals surface area (Å²) in [4.78, 5) is 10.0. The van der Waals surface area contributed by atoms with Crippen molar-refractivity contribution in [2.75, 3.05) is 31.1 Å². The summed E-state index contributed by atoms with van der Waals surface area (Å²) in [6.07, 6.45) is 4.08. The van der Waals surface area contributed by atoms with Crippen molar-refractivity contribution in [1.82, 2.24) is 9.88 Å². The average molecular weight is 288 g/mol. The van der Waals surface area contributed by atoms with E-state index in [0.717, 1.165) is 24.9 Å². The summed E-state index contributed by atoms with van der Waals surface area (Å²) in [5, 5.41) is 0. The lowest BCUT2D eigenvalue weighted by molar-refractivity contribution is 0.133. The van der Waals surface area contributed by atoms with Crippen molar-refractivity contribution in [2.24, 2.45) is 5.73 Å². The second-order valence-corrected chi connectivity index (χ2v) is 6.75. The van der Waals surface area contributed by atoms with E-state index in [-0.39, 0.29) is 0 Å². The van der Waals surface area contributed by atoms with Crippen LogP contribution in [0.4, 0.5) is 5.82 Å². The van der Waals surface area contributed by atoms with Crippen LogP contribution >= 0.6 is 0 Å². The summed E-state index contributed by atoms with van der Waals surface area (Å²) < 4.78 is 0. The Labute approximate surface area is 128 Å². The minimum atomic E-state index is 0.450. The number of aromatic nitrogens is 1. The molecular weight excluding hydrogens is 260 g/mol. The van der Waals surface area contributed by atoms with Crippen LogP contribution in [0.25, 0.3) is 0 Å². The minimum Gasteiger partial charge on any atom is -0.354 e. The Morgan fingerprint density at radius 1 is 1.24 bits per heavy atom. The second-order valence-electron chi connectivity index (χ2n) is 6.75. The first-order valence-electron chi connectivity index (χ1n) is 8.37. The van der Waals surface area contributed by atoms with Crippen LogP contribution < -0.4 is 10.6 Å². The zero-order valence-corrected chi connectivity index (χ0v) is 13.4. The number of hydrogen-bond acceptors (Lipinski definition) is 4. The van der Waals surface area contributed by atoms with Gasteiger partial charge in [-0.2, -0.15) is 0 Å². The minimum absolute atomic E-state index is 0.450. The molecule has 21 heavy (non-hydrogen) atoms. The third-order valence-electron chi connectivity index (χ3n) is 4.88. The first kappa shape index (κ1) is 14.8. The third kappa shape index (κ3) is 3.22. The lowest BCUT2D eigenvalue weighted by atomic mass is 9.99. The maximum atomic E-state index is 5.87. The topological polar surface area (TPSA) is 45.4 Å². The van der Waals surface area contributed by atoms with Crippen molar-refractivity contribution in [2.45, 2.75) is 51.6 Å². The van der Waals surface area contributed by atoms with E-state index in [1.807, 2.05) is 0 Å². The molecular formula is C17H28N4. The molecule has 3 heterocycles. The molecule has 1 aromatic heterocycles. The summed E-state index contributed by atoms with van der Waals surface area (Å²) in [5.74, 6) is 1.58. The molecule has 1 atom stereocenters. The van der Waals surface area contributed by atoms with Crippen LogP contribution in [0.15, 0.2) is 12.1 Å². The summed E-state index contributed by atoms with van der Waals surface area (Å²) in [6.45, 7) is 9.67. The molecule has 1 unspecified atom stereocenters. The van der Waals surface area contributed by atoms with Gasteiger partial charge in [0.15, 0.2) is 0 Å². The van der Waals surface area contributed by atoms with Crippen LogP contribution in [0.3, 0.4) is 0 Å². The van der Waals surface area contributed by atoms with E-state index in [2.05, 4.69) is 35.8 Å². The van der Waals surface area contributed by atoms with E-state index in [1.54, 1.807) is 0 Å². The van der Waals surface area contributed by atoms with Crippen LogP contribution in [0, 0.1) is 0 Å². The summed E-state index contributed by atoms with van der Waals surface area (Å²) in [7, 11) is 0. The van der Waals surface area contributed by atoms with Gasteiger partial charge >= 0.3 is 0 Å². The van der Waals surface area contributed by atoms with Crippen LogP contribution in [0.2, 0.25) is 0 Å². The van der Waals surface area contributed by atoms with E-state index in [0.29, 0.717) is 12.5 Å². The zero-order chi connectivity index (χ0) is 14.8. The van der Waals surface area contributed by atoms with E-state index < -0.39 is 0 Å². The van der Waals surface area contributed by atoms with Gasteiger partial charge in [0, 0.05) is 37.9 Å². The molecule has 0 spiro atoms. The molecule has 3 rings (SSSR count). The number of piperidine rings is 1. The van der Waals surface area contributed by atoms with E-state index >= 15 is 0 Å². The molecule has 2 aliphatic rings. The van der Waals surface area contributed by atoms with Gasteiger partial charge in [-0.1, -0.05) is 20.3 Å². The highest BCUT2D eigenvalue weighted by Crippen LogP contribution is 2.26. The predicted octanol–water partition coefficient (Wildman–Crippen LogP) is 2.34. The third-order valence-corrected chi connectivity index (χ3v) is 4.88. The fourth-order valence-corrected chi connectivity index (χ4v) is 3.53. The molecule has 0 aliphatic carbocycles. The maximum absolute atomic E-state index is 5.87. The summed E-state index contributed by atoms with van der Waals surface area (Å²) in [5.41, 5.74) is 8.24. The molecule has 0 amide bonds. The van der Waals surface area contributed by atoms with Gasteiger partial charge in [0.2, 0.25) is 0 Å². The molecule has 0 aromatic carbocycles. The quantitative estimate of drug-likeness (QED) is 0.927. The second kappa shape index (κ2) is 6.32. The van der Waals surface area contributed by atoms with Gasteiger partial charge in [-0.25, -0.2) is 4.98 Å². The number of fused-ring (bicyclic) bond motifs is 1. The van der Waals surface area contributed by atoms with Gasteiger partial charge in [0.05, 0.1) is 0 Å². The Hall–Kier alpha value is -1.13. The molecule has 2 N–H and O–H groups in total. The van der Waals surface area contributed by atoms with Crippen LogP contribution in [0.5, 0.6) is 0 Å². The van der Waals surface area contributed by atoms with Gasteiger partial charge < -0.3 is 10.6 Å². The lowest BCUT2D eigenvalue weighted by Crippen LogP contribution is -2.55. The van der Waals surface area contributed by atoms with Crippen LogP contribution in [-0.4, -0.2) is 42.1 Å². The number of piperazine rings is 1. The normalized spacial score (nSPS) is 23.4. The van der Waals surface area contributed by atoms with E-state index in [4.69, 9.17) is 10.7 Å². The molecule has 2 aliphatic heterocycles.